The van der Waals surface area contributed by atoms with Crippen molar-refractivity contribution in [3.63, 3.8) is 0 Å². The van der Waals surface area contributed by atoms with E-state index in [0.717, 1.165) is 30.1 Å². The van der Waals surface area contributed by atoms with Crippen LogP contribution in [0.2, 0.25) is 0 Å². The summed E-state index contributed by atoms with van der Waals surface area (Å²) in [6.07, 6.45) is 0.0945. The summed E-state index contributed by atoms with van der Waals surface area (Å²) in [5.41, 5.74) is 5.23. The second-order valence-electron chi connectivity index (χ2n) is 7.35. The van der Waals surface area contributed by atoms with Gasteiger partial charge in [-0.05, 0) is 50.6 Å². The quantitative estimate of drug-likeness (QED) is 0.574. The number of ether oxygens (including phenoxy) is 2. The minimum absolute atomic E-state index is 0.00205. The number of amides is 1. The maximum atomic E-state index is 12.5. The van der Waals surface area contributed by atoms with Crippen LogP contribution in [0.3, 0.4) is 0 Å². The average Bonchev–Trinajstić information content (AvgIpc) is 2.74. The van der Waals surface area contributed by atoms with Gasteiger partial charge < -0.3 is 9.47 Å². The summed E-state index contributed by atoms with van der Waals surface area (Å²) in [5.74, 6) is 0.502. The van der Waals surface area contributed by atoms with E-state index < -0.39 is 0 Å². The Bertz CT molecular complexity index is 813. The lowest BCUT2D eigenvalue weighted by molar-refractivity contribution is 0.0285. The van der Waals surface area contributed by atoms with Crippen LogP contribution in [0.25, 0.3) is 0 Å². The highest BCUT2D eigenvalue weighted by Crippen LogP contribution is 2.23. The number of nitrogens with one attached hydrogen (secondary N) is 1. The van der Waals surface area contributed by atoms with Gasteiger partial charge in [0.1, 0.15) is 5.75 Å². The number of hydrogen-bond donors (Lipinski definition) is 1. The topological polar surface area (TPSA) is 63.2 Å². The number of benzene rings is 2. The van der Waals surface area contributed by atoms with Crippen LogP contribution in [0.15, 0.2) is 59.7 Å². The number of morpholine rings is 1. The number of hydrazone groups is 1. The Hall–Kier alpha value is -2.70. The monoisotopic (exact) mass is 395 g/mol. The third-order valence-electron chi connectivity index (χ3n) is 4.74. The first kappa shape index (κ1) is 21.0. The number of carbonyl (C=O) groups is 1. The molecule has 1 aliphatic rings. The van der Waals surface area contributed by atoms with E-state index in [0.29, 0.717) is 18.8 Å². The summed E-state index contributed by atoms with van der Waals surface area (Å²) >= 11 is 0. The number of nitrogens with zero attached hydrogens (tertiary/aromatic N) is 2. The molecule has 0 bridgehead atoms. The molecular formula is C23H29N3O3. The van der Waals surface area contributed by atoms with E-state index in [9.17, 15) is 4.79 Å². The van der Waals surface area contributed by atoms with Crippen LogP contribution in [0.4, 0.5) is 0 Å². The molecule has 29 heavy (non-hydrogen) atoms. The molecule has 1 atom stereocenters. The SMILES string of the molecule is C/C(=N/NC(=O)c1ccc(OC(C)C)cc1)[C@H](c1ccccc1)N1CCOCC1. The molecule has 1 saturated heterocycles. The van der Waals surface area contributed by atoms with Gasteiger partial charge in [-0.25, -0.2) is 5.43 Å². The van der Waals surface area contributed by atoms with Gasteiger partial charge in [-0.2, -0.15) is 5.10 Å². The zero-order valence-electron chi connectivity index (χ0n) is 17.3. The molecule has 6 heteroatoms. The summed E-state index contributed by atoms with van der Waals surface area (Å²) < 4.78 is 11.1. The van der Waals surface area contributed by atoms with Crippen LogP contribution in [-0.4, -0.2) is 48.9 Å². The van der Waals surface area contributed by atoms with Crippen LogP contribution in [-0.2, 0) is 4.74 Å². The first-order valence-electron chi connectivity index (χ1n) is 10.0. The van der Waals surface area contributed by atoms with Crippen LogP contribution in [0.5, 0.6) is 5.75 Å². The Kier molecular flexibility index (Phi) is 7.38. The zero-order valence-corrected chi connectivity index (χ0v) is 17.3. The normalized spacial score (nSPS) is 16.5. The minimum atomic E-state index is -0.241. The standard InChI is InChI=1S/C23H29N3O3/c1-17(2)29-21-11-9-20(10-12-21)23(27)25-24-18(3)22(19-7-5-4-6-8-19)26-13-15-28-16-14-26/h4-12,17,22H,13-16H2,1-3H3,(H,25,27)/b24-18-/t22-/m1/s1. The number of hydrogen-bond acceptors (Lipinski definition) is 5. The van der Waals surface area contributed by atoms with E-state index in [1.807, 2.05) is 39.0 Å². The molecule has 6 nitrogen and oxygen atoms in total. The van der Waals surface area contributed by atoms with E-state index in [1.54, 1.807) is 24.3 Å². The molecule has 2 aromatic rings. The first-order valence-corrected chi connectivity index (χ1v) is 10.0. The predicted octanol–water partition coefficient (Wildman–Crippen LogP) is 3.65. The molecular weight excluding hydrogens is 366 g/mol. The minimum Gasteiger partial charge on any atom is -0.491 e. The molecule has 0 saturated carbocycles. The molecule has 1 heterocycles. The molecule has 154 valence electrons. The third kappa shape index (κ3) is 5.89. The molecule has 1 N–H and O–H groups in total. The second kappa shape index (κ2) is 10.2. The Morgan fingerprint density at radius 2 is 1.72 bits per heavy atom. The molecule has 1 fully saturated rings. The lowest BCUT2D eigenvalue weighted by Gasteiger charge is -2.34. The fourth-order valence-electron chi connectivity index (χ4n) is 3.41. The Morgan fingerprint density at radius 3 is 2.34 bits per heavy atom. The molecule has 1 aliphatic heterocycles. The van der Waals surface area contributed by atoms with Crippen molar-refractivity contribution in [2.75, 3.05) is 26.3 Å². The molecule has 0 aromatic heterocycles. The van der Waals surface area contributed by atoms with E-state index in [2.05, 4.69) is 27.6 Å². The van der Waals surface area contributed by atoms with Crippen LogP contribution in [0.1, 0.15) is 42.7 Å². The second-order valence-corrected chi connectivity index (χ2v) is 7.35. The van der Waals surface area contributed by atoms with Gasteiger partial charge in [0.25, 0.3) is 5.91 Å². The molecule has 0 radical (unpaired) electrons. The average molecular weight is 396 g/mol. The smallest absolute Gasteiger partial charge is 0.271 e. The van der Waals surface area contributed by atoms with Gasteiger partial charge in [-0.3, -0.25) is 9.69 Å². The van der Waals surface area contributed by atoms with Gasteiger partial charge >= 0.3 is 0 Å². The third-order valence-corrected chi connectivity index (χ3v) is 4.74. The Labute approximate surface area is 172 Å². The Morgan fingerprint density at radius 1 is 1.07 bits per heavy atom. The lowest BCUT2D eigenvalue weighted by Crippen LogP contribution is -2.42. The van der Waals surface area contributed by atoms with Gasteiger partial charge in [-0.15, -0.1) is 0 Å². The number of carbonyl (C=O) groups excluding carboxylic acids is 1. The van der Waals surface area contributed by atoms with E-state index >= 15 is 0 Å². The molecule has 3 rings (SSSR count). The maximum absolute atomic E-state index is 12.5. The van der Waals surface area contributed by atoms with Gasteiger partial charge in [0.15, 0.2) is 0 Å². The van der Waals surface area contributed by atoms with Crippen molar-refractivity contribution in [3.05, 3.63) is 65.7 Å². The van der Waals surface area contributed by atoms with Gasteiger partial charge in [-0.1, -0.05) is 30.3 Å². The van der Waals surface area contributed by atoms with Gasteiger partial charge in [0.05, 0.1) is 31.1 Å². The van der Waals surface area contributed by atoms with Gasteiger partial charge in [0.2, 0.25) is 0 Å². The lowest BCUT2D eigenvalue weighted by atomic mass is 10.0. The molecule has 1 amide bonds. The maximum Gasteiger partial charge on any atom is 0.271 e. The largest absolute Gasteiger partial charge is 0.491 e. The molecule has 2 aromatic carbocycles. The fraction of sp³-hybridized carbons (Fsp3) is 0.391. The van der Waals surface area contributed by atoms with Crippen molar-refractivity contribution < 1.29 is 14.3 Å². The van der Waals surface area contributed by atoms with Crippen molar-refractivity contribution in [1.29, 1.82) is 0 Å². The predicted molar refractivity (Wildman–Crippen MR) is 114 cm³/mol. The highest BCUT2D eigenvalue weighted by atomic mass is 16.5. The van der Waals surface area contributed by atoms with E-state index in [-0.39, 0.29) is 18.1 Å². The van der Waals surface area contributed by atoms with Crippen LogP contribution >= 0.6 is 0 Å². The summed E-state index contributed by atoms with van der Waals surface area (Å²) in [6.45, 7) is 8.95. The highest BCUT2D eigenvalue weighted by Gasteiger charge is 2.25. The zero-order chi connectivity index (χ0) is 20.6. The van der Waals surface area contributed by atoms with Gasteiger partial charge in [0, 0.05) is 18.7 Å². The van der Waals surface area contributed by atoms with Crippen molar-refractivity contribution in [3.8, 4) is 5.75 Å². The summed E-state index contributed by atoms with van der Waals surface area (Å²) in [6, 6.07) is 17.3. The highest BCUT2D eigenvalue weighted by molar-refractivity contribution is 5.96. The summed E-state index contributed by atoms with van der Waals surface area (Å²) in [4.78, 5) is 14.9. The molecule has 0 spiro atoms. The van der Waals surface area contributed by atoms with Crippen molar-refractivity contribution in [2.24, 2.45) is 5.10 Å². The van der Waals surface area contributed by atoms with Crippen LogP contribution in [0, 0.1) is 0 Å². The number of rotatable bonds is 7. The van der Waals surface area contributed by atoms with Crippen molar-refractivity contribution >= 4 is 11.6 Å². The molecule has 0 aliphatic carbocycles. The van der Waals surface area contributed by atoms with E-state index in [1.165, 1.54) is 0 Å². The summed E-state index contributed by atoms with van der Waals surface area (Å²) in [7, 11) is 0. The van der Waals surface area contributed by atoms with Crippen LogP contribution < -0.4 is 10.2 Å². The Balaban J connectivity index is 1.72. The summed E-state index contributed by atoms with van der Waals surface area (Å²) in [5, 5.41) is 4.43. The fourth-order valence-corrected chi connectivity index (χ4v) is 3.41. The molecule has 0 unspecified atom stereocenters. The first-order chi connectivity index (χ1) is 14.0. The van der Waals surface area contributed by atoms with Crippen molar-refractivity contribution in [1.82, 2.24) is 10.3 Å². The van der Waals surface area contributed by atoms with E-state index in [4.69, 9.17) is 9.47 Å². The van der Waals surface area contributed by atoms with Crippen molar-refractivity contribution in [2.45, 2.75) is 32.9 Å².